The Morgan fingerprint density at radius 1 is 1.17 bits per heavy atom. The van der Waals surface area contributed by atoms with E-state index in [4.69, 9.17) is 16.3 Å². The summed E-state index contributed by atoms with van der Waals surface area (Å²) in [5.74, 6) is -0.165. The summed E-state index contributed by atoms with van der Waals surface area (Å²) in [6.07, 6.45) is 2.65. The van der Waals surface area contributed by atoms with Crippen LogP contribution in [0.3, 0.4) is 0 Å². The van der Waals surface area contributed by atoms with Crippen LogP contribution < -0.4 is 9.46 Å². The molecule has 1 amide bonds. The normalized spacial score (nSPS) is 11.5. The minimum Gasteiger partial charge on any atom is -0.496 e. The topological polar surface area (TPSA) is 72.5 Å². The number of aryl methyl sites for hydroxylation is 1. The lowest BCUT2D eigenvalue weighted by molar-refractivity contribution is -0.114. The van der Waals surface area contributed by atoms with Gasteiger partial charge in [0, 0.05) is 11.1 Å². The van der Waals surface area contributed by atoms with Gasteiger partial charge < -0.3 is 4.74 Å². The van der Waals surface area contributed by atoms with Crippen LogP contribution in [0.5, 0.6) is 5.75 Å². The number of methoxy groups -OCH3 is 1. The number of halogens is 1. The van der Waals surface area contributed by atoms with Gasteiger partial charge in [0.05, 0.1) is 12.0 Å². The lowest BCUT2D eigenvalue weighted by Crippen LogP contribution is -2.29. The zero-order chi connectivity index (χ0) is 17.7. The molecule has 0 radical (unpaired) electrons. The van der Waals surface area contributed by atoms with E-state index in [0.29, 0.717) is 16.3 Å². The lowest BCUT2D eigenvalue weighted by Gasteiger charge is -2.08. The van der Waals surface area contributed by atoms with Gasteiger partial charge in [-0.05, 0) is 54.5 Å². The van der Waals surface area contributed by atoms with Gasteiger partial charge in [0.2, 0.25) is 0 Å². The average molecular weight is 366 g/mol. The van der Waals surface area contributed by atoms with Crippen LogP contribution in [0.2, 0.25) is 5.02 Å². The Kier molecular flexibility index (Phi) is 5.64. The molecule has 0 saturated heterocycles. The maximum absolute atomic E-state index is 12.2. The fourth-order valence-corrected chi connectivity index (χ4v) is 3.15. The third-order valence-electron chi connectivity index (χ3n) is 3.21. The van der Waals surface area contributed by atoms with Gasteiger partial charge in [-0.1, -0.05) is 23.7 Å². The fourth-order valence-electron chi connectivity index (χ4n) is 1.99. The summed E-state index contributed by atoms with van der Waals surface area (Å²) in [4.78, 5) is 11.8. The Balaban J connectivity index is 2.12. The van der Waals surface area contributed by atoms with E-state index in [1.807, 2.05) is 4.72 Å². The van der Waals surface area contributed by atoms with E-state index in [1.54, 1.807) is 31.2 Å². The van der Waals surface area contributed by atoms with Crippen LogP contribution in [0.4, 0.5) is 0 Å². The number of ether oxygens (including phenoxy) is 1. The van der Waals surface area contributed by atoms with E-state index in [-0.39, 0.29) is 4.90 Å². The Hall–Kier alpha value is -2.31. The zero-order valence-corrected chi connectivity index (χ0v) is 14.7. The molecule has 2 aromatic rings. The standard InChI is InChI=1S/C17H16ClNO4S/c1-12-11-15(8-9-16(12)23-2)24(21,22)19-17(20)10-5-13-3-6-14(18)7-4-13/h3-11H,1-2H3,(H,19,20)/b10-5+. The Morgan fingerprint density at radius 3 is 2.42 bits per heavy atom. The molecule has 0 atom stereocenters. The largest absolute Gasteiger partial charge is 0.496 e. The molecule has 0 spiro atoms. The molecule has 0 unspecified atom stereocenters. The number of carbonyl (C=O) groups excluding carboxylic acids is 1. The van der Waals surface area contributed by atoms with Crippen molar-refractivity contribution >= 4 is 33.6 Å². The number of sulfonamides is 1. The molecular weight excluding hydrogens is 350 g/mol. The number of hydrogen-bond acceptors (Lipinski definition) is 4. The van der Waals surface area contributed by atoms with Crippen LogP contribution in [0.15, 0.2) is 53.4 Å². The van der Waals surface area contributed by atoms with Crippen LogP contribution in [-0.4, -0.2) is 21.4 Å². The molecule has 0 aliphatic rings. The van der Waals surface area contributed by atoms with E-state index in [2.05, 4.69) is 0 Å². The first kappa shape index (κ1) is 18.0. The predicted molar refractivity (Wildman–Crippen MR) is 93.5 cm³/mol. The molecule has 0 aliphatic heterocycles. The maximum Gasteiger partial charge on any atom is 0.264 e. The van der Waals surface area contributed by atoms with Crippen molar-refractivity contribution in [1.29, 1.82) is 0 Å². The highest BCUT2D eigenvalue weighted by atomic mass is 35.5. The first-order valence-corrected chi connectivity index (χ1v) is 8.83. The summed E-state index contributed by atoms with van der Waals surface area (Å²) in [5.41, 5.74) is 1.39. The summed E-state index contributed by atoms with van der Waals surface area (Å²) < 4.78 is 31.5. The summed E-state index contributed by atoms with van der Waals surface area (Å²) in [6, 6.07) is 11.1. The van der Waals surface area contributed by atoms with Crippen LogP contribution in [-0.2, 0) is 14.8 Å². The Labute approximate surface area is 146 Å². The first-order valence-electron chi connectivity index (χ1n) is 6.97. The van der Waals surface area contributed by atoms with Gasteiger partial charge in [-0.25, -0.2) is 13.1 Å². The molecule has 1 N–H and O–H groups in total. The number of rotatable bonds is 5. The second-order valence-electron chi connectivity index (χ2n) is 4.99. The minimum atomic E-state index is -3.95. The molecule has 5 nitrogen and oxygen atoms in total. The lowest BCUT2D eigenvalue weighted by atomic mass is 10.2. The van der Waals surface area contributed by atoms with Crippen molar-refractivity contribution in [3.63, 3.8) is 0 Å². The summed E-state index contributed by atoms with van der Waals surface area (Å²) in [5, 5.41) is 0.578. The van der Waals surface area contributed by atoms with Crippen LogP contribution in [0.1, 0.15) is 11.1 Å². The van der Waals surface area contributed by atoms with Gasteiger partial charge in [0.25, 0.3) is 15.9 Å². The number of amides is 1. The molecule has 126 valence electrons. The quantitative estimate of drug-likeness (QED) is 0.826. The van der Waals surface area contributed by atoms with Gasteiger partial charge in [0.15, 0.2) is 0 Å². The van der Waals surface area contributed by atoms with Crippen LogP contribution >= 0.6 is 11.6 Å². The highest BCUT2D eigenvalue weighted by Gasteiger charge is 2.17. The number of carbonyl (C=O) groups is 1. The number of nitrogens with one attached hydrogen (secondary N) is 1. The van der Waals surface area contributed by atoms with Crippen molar-refractivity contribution in [3.8, 4) is 5.75 Å². The first-order chi connectivity index (χ1) is 11.3. The fraction of sp³-hybridized carbons (Fsp3) is 0.118. The molecule has 0 aromatic heterocycles. The summed E-state index contributed by atoms with van der Waals surface area (Å²) in [7, 11) is -2.45. The smallest absolute Gasteiger partial charge is 0.264 e. The van der Waals surface area contributed by atoms with Crippen molar-refractivity contribution in [2.45, 2.75) is 11.8 Å². The van der Waals surface area contributed by atoms with Gasteiger partial charge in [-0.15, -0.1) is 0 Å². The average Bonchev–Trinajstić information content (AvgIpc) is 2.54. The van der Waals surface area contributed by atoms with Crippen LogP contribution in [0, 0.1) is 6.92 Å². The van der Waals surface area contributed by atoms with Gasteiger partial charge in [-0.2, -0.15) is 0 Å². The van der Waals surface area contributed by atoms with Crippen molar-refractivity contribution in [2.75, 3.05) is 7.11 Å². The molecule has 24 heavy (non-hydrogen) atoms. The second kappa shape index (κ2) is 7.51. The molecule has 7 heteroatoms. The van der Waals surface area contributed by atoms with E-state index < -0.39 is 15.9 Å². The van der Waals surface area contributed by atoms with Crippen molar-refractivity contribution in [1.82, 2.24) is 4.72 Å². The SMILES string of the molecule is COc1ccc(S(=O)(=O)NC(=O)/C=C/c2ccc(Cl)cc2)cc1C. The third-order valence-corrected chi connectivity index (χ3v) is 4.81. The van der Waals surface area contributed by atoms with Crippen molar-refractivity contribution in [3.05, 3.63) is 64.7 Å². The van der Waals surface area contributed by atoms with Crippen molar-refractivity contribution in [2.24, 2.45) is 0 Å². The third kappa shape index (κ3) is 4.59. The monoisotopic (exact) mass is 365 g/mol. The second-order valence-corrected chi connectivity index (χ2v) is 7.10. The van der Waals surface area contributed by atoms with Gasteiger partial charge in [0.1, 0.15) is 5.75 Å². The number of benzene rings is 2. The van der Waals surface area contributed by atoms with Crippen LogP contribution in [0.25, 0.3) is 6.08 Å². The molecule has 0 fully saturated rings. The summed E-state index contributed by atoms with van der Waals surface area (Å²) >= 11 is 5.77. The molecule has 0 heterocycles. The van der Waals surface area contributed by atoms with E-state index >= 15 is 0 Å². The predicted octanol–water partition coefficient (Wildman–Crippen LogP) is 3.18. The zero-order valence-electron chi connectivity index (χ0n) is 13.1. The highest BCUT2D eigenvalue weighted by Crippen LogP contribution is 2.21. The molecule has 2 rings (SSSR count). The van der Waals surface area contributed by atoms with E-state index in [0.717, 1.165) is 11.6 Å². The van der Waals surface area contributed by atoms with Gasteiger partial charge in [-0.3, -0.25) is 4.79 Å². The van der Waals surface area contributed by atoms with E-state index in [1.165, 1.54) is 31.4 Å². The molecule has 2 aromatic carbocycles. The Bertz CT molecular complexity index is 874. The minimum absolute atomic E-state index is 0.00552. The summed E-state index contributed by atoms with van der Waals surface area (Å²) in [6.45, 7) is 1.72. The molecule has 0 saturated carbocycles. The van der Waals surface area contributed by atoms with Crippen molar-refractivity contribution < 1.29 is 17.9 Å². The Morgan fingerprint density at radius 2 is 1.83 bits per heavy atom. The molecular formula is C17H16ClNO4S. The number of hydrogen-bond donors (Lipinski definition) is 1. The van der Waals surface area contributed by atoms with Gasteiger partial charge >= 0.3 is 0 Å². The molecule has 0 bridgehead atoms. The van der Waals surface area contributed by atoms with E-state index in [9.17, 15) is 13.2 Å². The highest BCUT2D eigenvalue weighted by molar-refractivity contribution is 7.90. The molecule has 0 aliphatic carbocycles. The maximum atomic E-state index is 12.2.